The molecule has 1 aromatic rings. The fourth-order valence-electron chi connectivity index (χ4n) is 1.23. The topological polar surface area (TPSA) is 81.4 Å². The number of ether oxygens (including phenoxy) is 1. The smallest absolute Gasteiger partial charge is 0.328 e. The lowest BCUT2D eigenvalue weighted by Crippen LogP contribution is -2.42. The largest absolute Gasteiger partial charge is 0.458 e. The summed E-state index contributed by atoms with van der Waals surface area (Å²) in [5, 5.41) is 2.50. The van der Waals surface area contributed by atoms with Crippen LogP contribution in [0.15, 0.2) is 10.8 Å². The predicted octanol–water partition coefficient (Wildman–Crippen LogP) is 1.44. The lowest BCUT2D eigenvalue weighted by Gasteiger charge is -2.22. The van der Waals surface area contributed by atoms with Gasteiger partial charge in [-0.15, -0.1) is 0 Å². The van der Waals surface area contributed by atoms with Crippen molar-refractivity contribution in [3.63, 3.8) is 0 Å². The van der Waals surface area contributed by atoms with Gasteiger partial charge in [0.25, 0.3) is 5.91 Å². The second-order valence-corrected chi connectivity index (χ2v) is 5.00. The lowest BCUT2D eigenvalue weighted by molar-refractivity contribution is -0.156. The van der Waals surface area contributed by atoms with Crippen LogP contribution in [0.2, 0.25) is 0 Å². The van der Waals surface area contributed by atoms with E-state index in [0.717, 1.165) is 0 Å². The third kappa shape index (κ3) is 3.87. The van der Waals surface area contributed by atoms with Gasteiger partial charge in [0, 0.05) is 0 Å². The Hall–Kier alpha value is -1.85. The lowest BCUT2D eigenvalue weighted by atomic mass is 10.2. The van der Waals surface area contributed by atoms with Crippen molar-refractivity contribution in [3.8, 4) is 0 Å². The quantitative estimate of drug-likeness (QED) is 0.825. The van der Waals surface area contributed by atoms with Crippen molar-refractivity contribution in [2.75, 3.05) is 0 Å². The number of hydrogen-bond donors (Lipinski definition) is 1. The van der Waals surface area contributed by atoms with Crippen molar-refractivity contribution in [2.45, 2.75) is 46.3 Å². The van der Waals surface area contributed by atoms with Gasteiger partial charge < -0.3 is 14.5 Å². The van der Waals surface area contributed by atoms with E-state index in [4.69, 9.17) is 9.15 Å². The Balaban J connectivity index is 2.60. The molecule has 0 fully saturated rings. The van der Waals surface area contributed by atoms with Gasteiger partial charge in [-0.1, -0.05) is 0 Å². The monoisotopic (exact) mass is 254 g/mol. The summed E-state index contributed by atoms with van der Waals surface area (Å²) in [5.41, 5.74) is -0.109. The van der Waals surface area contributed by atoms with E-state index in [1.165, 1.54) is 6.39 Å². The fraction of sp³-hybridized carbons (Fsp3) is 0.583. The van der Waals surface area contributed by atoms with Crippen molar-refractivity contribution in [3.05, 3.63) is 17.8 Å². The Bertz CT molecular complexity index is 445. The van der Waals surface area contributed by atoms with Crippen molar-refractivity contribution in [1.82, 2.24) is 10.3 Å². The minimum atomic E-state index is -0.749. The summed E-state index contributed by atoms with van der Waals surface area (Å²) in [6.45, 7) is 8.49. The Kier molecular flexibility index (Phi) is 4.11. The number of oxazole rings is 1. The molecule has 0 aliphatic carbocycles. The molecule has 1 N–H and O–H groups in total. The number of nitrogens with one attached hydrogen (secondary N) is 1. The molecular weight excluding hydrogens is 236 g/mol. The predicted molar refractivity (Wildman–Crippen MR) is 64.0 cm³/mol. The van der Waals surface area contributed by atoms with Gasteiger partial charge in [-0.05, 0) is 34.6 Å². The molecule has 0 unspecified atom stereocenters. The summed E-state index contributed by atoms with van der Waals surface area (Å²) in [7, 11) is 0. The first kappa shape index (κ1) is 14.2. The molecule has 18 heavy (non-hydrogen) atoms. The van der Waals surface area contributed by atoms with Crippen molar-refractivity contribution >= 4 is 11.9 Å². The highest BCUT2D eigenvalue weighted by molar-refractivity contribution is 5.95. The van der Waals surface area contributed by atoms with Crippen molar-refractivity contribution < 1.29 is 18.7 Å². The maximum Gasteiger partial charge on any atom is 0.328 e. The van der Waals surface area contributed by atoms with E-state index in [9.17, 15) is 9.59 Å². The van der Waals surface area contributed by atoms with E-state index in [1.54, 1.807) is 34.6 Å². The van der Waals surface area contributed by atoms with Gasteiger partial charge in [0.2, 0.25) is 5.76 Å². The zero-order valence-electron chi connectivity index (χ0n) is 11.2. The molecule has 100 valence electrons. The van der Waals surface area contributed by atoms with Gasteiger partial charge in [-0.25, -0.2) is 9.78 Å². The molecule has 0 saturated carbocycles. The molecule has 1 rings (SSSR count). The maximum atomic E-state index is 11.8. The van der Waals surface area contributed by atoms with E-state index in [-0.39, 0.29) is 5.76 Å². The average molecular weight is 254 g/mol. The second-order valence-electron chi connectivity index (χ2n) is 5.00. The number of amides is 1. The zero-order chi connectivity index (χ0) is 13.9. The van der Waals surface area contributed by atoms with Gasteiger partial charge in [0.1, 0.15) is 11.6 Å². The van der Waals surface area contributed by atoms with E-state index in [1.807, 2.05) is 0 Å². The molecule has 0 spiro atoms. The van der Waals surface area contributed by atoms with Crippen molar-refractivity contribution in [2.24, 2.45) is 0 Å². The number of rotatable bonds is 3. The van der Waals surface area contributed by atoms with Crippen molar-refractivity contribution in [1.29, 1.82) is 0 Å². The SMILES string of the molecule is Cc1ncoc1C(=O)N[C@@H](C)C(=O)OC(C)(C)C. The van der Waals surface area contributed by atoms with Gasteiger partial charge in [-0.3, -0.25) is 4.79 Å². The van der Waals surface area contributed by atoms with E-state index >= 15 is 0 Å². The number of esters is 1. The molecule has 6 nitrogen and oxygen atoms in total. The molecule has 6 heteroatoms. The Morgan fingerprint density at radius 3 is 2.50 bits per heavy atom. The third-order valence-electron chi connectivity index (χ3n) is 2.06. The molecule has 1 aromatic heterocycles. The number of nitrogens with zero attached hydrogens (tertiary/aromatic N) is 1. The van der Waals surface area contributed by atoms with Gasteiger partial charge in [0.05, 0.1) is 5.69 Å². The maximum absolute atomic E-state index is 11.8. The third-order valence-corrected chi connectivity index (χ3v) is 2.06. The molecule has 0 saturated heterocycles. The van der Waals surface area contributed by atoms with Gasteiger partial charge >= 0.3 is 5.97 Å². The zero-order valence-corrected chi connectivity index (χ0v) is 11.2. The van der Waals surface area contributed by atoms with Crippen LogP contribution in [0.1, 0.15) is 43.9 Å². The highest BCUT2D eigenvalue weighted by Gasteiger charge is 2.24. The first-order valence-corrected chi connectivity index (χ1v) is 5.64. The Morgan fingerprint density at radius 1 is 1.44 bits per heavy atom. The highest BCUT2D eigenvalue weighted by atomic mass is 16.6. The Labute approximate surface area is 106 Å². The standard InChI is InChI=1S/C12H18N2O4/c1-7-9(17-6-13-7)10(15)14-8(2)11(16)18-12(3,4)5/h6,8H,1-5H3,(H,14,15)/t8-/m0/s1. The fourth-order valence-corrected chi connectivity index (χ4v) is 1.23. The molecule has 1 atom stereocenters. The highest BCUT2D eigenvalue weighted by Crippen LogP contribution is 2.09. The molecule has 1 amide bonds. The number of carbonyl (C=O) groups excluding carboxylic acids is 2. The van der Waals surface area contributed by atoms with Crippen LogP contribution in [0.4, 0.5) is 0 Å². The molecular formula is C12H18N2O4. The van der Waals surface area contributed by atoms with Crippen LogP contribution in [-0.4, -0.2) is 28.5 Å². The van der Waals surface area contributed by atoms with Gasteiger partial charge in [0.15, 0.2) is 6.39 Å². The molecule has 0 bridgehead atoms. The summed E-state index contributed by atoms with van der Waals surface area (Å²) in [5.74, 6) is -0.873. The minimum Gasteiger partial charge on any atom is -0.458 e. The number of aromatic nitrogens is 1. The van der Waals surface area contributed by atoms with Crippen LogP contribution in [0.25, 0.3) is 0 Å². The van der Waals surface area contributed by atoms with Crippen LogP contribution in [0, 0.1) is 6.92 Å². The minimum absolute atomic E-state index is 0.102. The summed E-state index contributed by atoms with van der Waals surface area (Å²) in [4.78, 5) is 27.2. The van der Waals surface area contributed by atoms with Crippen LogP contribution in [0.5, 0.6) is 0 Å². The second kappa shape index (κ2) is 5.20. The average Bonchev–Trinajstić information content (AvgIpc) is 2.61. The van der Waals surface area contributed by atoms with Gasteiger partial charge in [-0.2, -0.15) is 0 Å². The van der Waals surface area contributed by atoms with Crippen LogP contribution >= 0.6 is 0 Å². The number of aryl methyl sites for hydroxylation is 1. The number of hydrogen-bond acceptors (Lipinski definition) is 5. The number of carbonyl (C=O) groups is 2. The normalized spacial score (nSPS) is 12.9. The molecule has 0 aliphatic rings. The summed E-state index contributed by atoms with van der Waals surface area (Å²) in [6, 6.07) is -0.749. The molecule has 0 aromatic carbocycles. The Morgan fingerprint density at radius 2 is 2.06 bits per heavy atom. The summed E-state index contributed by atoms with van der Waals surface area (Å²) >= 11 is 0. The van der Waals surface area contributed by atoms with E-state index < -0.39 is 23.5 Å². The summed E-state index contributed by atoms with van der Waals surface area (Å²) in [6.07, 6.45) is 1.18. The van der Waals surface area contributed by atoms with E-state index in [2.05, 4.69) is 10.3 Å². The molecule has 0 radical (unpaired) electrons. The first-order valence-electron chi connectivity index (χ1n) is 5.64. The van der Waals surface area contributed by atoms with E-state index in [0.29, 0.717) is 5.69 Å². The molecule has 0 aliphatic heterocycles. The van der Waals surface area contributed by atoms with Crippen LogP contribution in [0.3, 0.4) is 0 Å². The summed E-state index contributed by atoms with van der Waals surface area (Å²) < 4.78 is 10.1. The van der Waals surface area contributed by atoms with Crippen LogP contribution < -0.4 is 5.32 Å². The molecule has 1 heterocycles. The van der Waals surface area contributed by atoms with Crippen LogP contribution in [-0.2, 0) is 9.53 Å². The first-order chi connectivity index (χ1) is 8.20.